The summed E-state index contributed by atoms with van der Waals surface area (Å²) >= 11 is 0. The predicted octanol–water partition coefficient (Wildman–Crippen LogP) is 0.399. The average molecular weight is 246 g/mol. The Morgan fingerprint density at radius 3 is 1.71 bits per heavy atom. The first-order valence-electron chi connectivity index (χ1n) is 3.25. The summed E-state index contributed by atoms with van der Waals surface area (Å²) in [5, 5.41) is 8.92. The molecule has 0 fully saturated rings. The first kappa shape index (κ1) is 16.9. The monoisotopic (exact) mass is 246 g/mol. The van der Waals surface area contributed by atoms with E-state index in [4.69, 9.17) is 22.6 Å². The van der Waals surface area contributed by atoms with Gasteiger partial charge in [-0.05, 0) is 18.6 Å². The Balaban J connectivity index is 0. The van der Waals surface area contributed by atoms with Gasteiger partial charge in [-0.1, -0.05) is 18.2 Å². The van der Waals surface area contributed by atoms with Gasteiger partial charge in [0.05, 0.1) is 0 Å². The number of aromatic hydroxyl groups is 1. The quantitative estimate of drug-likeness (QED) is 0.455. The molecule has 0 aliphatic carbocycles. The molecular formula is C7H11KO5S. The molecule has 0 saturated carbocycles. The third kappa shape index (κ3) is 12.5. The Labute approximate surface area is 125 Å². The van der Waals surface area contributed by atoms with Crippen molar-refractivity contribution < 1.29 is 22.6 Å². The molecule has 0 aliphatic heterocycles. The van der Waals surface area contributed by atoms with E-state index in [9.17, 15) is 0 Å². The van der Waals surface area contributed by atoms with Crippen molar-refractivity contribution in [2.45, 2.75) is 6.92 Å². The summed E-state index contributed by atoms with van der Waals surface area (Å²) in [7, 11) is -4.67. The summed E-state index contributed by atoms with van der Waals surface area (Å²) in [6, 6.07) is 7.25. The van der Waals surface area contributed by atoms with Crippen LogP contribution in [-0.2, 0) is 10.4 Å². The van der Waals surface area contributed by atoms with Crippen molar-refractivity contribution in [3.63, 3.8) is 0 Å². The molecule has 0 saturated heterocycles. The van der Waals surface area contributed by atoms with E-state index in [1.54, 1.807) is 6.07 Å². The van der Waals surface area contributed by atoms with Gasteiger partial charge in [0.2, 0.25) is 0 Å². The van der Waals surface area contributed by atoms with Crippen LogP contribution in [0, 0.1) is 6.92 Å². The summed E-state index contributed by atoms with van der Waals surface area (Å²) in [5.74, 6) is 0.368. The molecule has 0 spiro atoms. The van der Waals surface area contributed by atoms with Crippen LogP contribution >= 0.6 is 0 Å². The summed E-state index contributed by atoms with van der Waals surface area (Å²) in [5.41, 5.74) is 0.924. The van der Waals surface area contributed by atoms with E-state index in [2.05, 4.69) is 0 Å². The maximum atomic E-state index is 8.92. The third-order valence-corrected chi connectivity index (χ3v) is 1.12. The molecule has 1 aromatic rings. The van der Waals surface area contributed by atoms with Gasteiger partial charge in [0, 0.05) is 0 Å². The molecular weight excluding hydrogens is 235 g/mol. The van der Waals surface area contributed by atoms with E-state index in [1.807, 2.05) is 25.1 Å². The molecule has 76 valence electrons. The molecule has 0 heterocycles. The number of hydrogen-bond acceptors (Lipinski definition) is 3. The van der Waals surface area contributed by atoms with E-state index in [-0.39, 0.29) is 51.4 Å². The minimum atomic E-state index is -4.67. The number of phenols is 1. The maximum absolute atomic E-state index is 8.92. The van der Waals surface area contributed by atoms with Crippen molar-refractivity contribution in [3.8, 4) is 5.75 Å². The van der Waals surface area contributed by atoms with Crippen LogP contribution in [0.4, 0.5) is 0 Å². The van der Waals surface area contributed by atoms with Crippen molar-refractivity contribution in [2.24, 2.45) is 0 Å². The Hall–Kier alpha value is 0.526. The van der Waals surface area contributed by atoms with E-state index in [0.29, 0.717) is 5.75 Å². The second-order valence-electron chi connectivity index (χ2n) is 2.23. The van der Waals surface area contributed by atoms with Crippen LogP contribution in [0.25, 0.3) is 0 Å². The molecule has 7 heteroatoms. The standard InChI is InChI=1S/C7H8O.K.H2O4S.H/c1-6-4-2-3-5-7(6)8;;1-5(2,3)4;/h2-5,8H,1H3;;(H2,1,2,3,4);. The van der Waals surface area contributed by atoms with E-state index in [1.165, 1.54) is 0 Å². The Morgan fingerprint density at radius 1 is 1.14 bits per heavy atom. The SMILES string of the molecule is Cc1ccccc1O.O=S(=O)(O)O.[KH]. The van der Waals surface area contributed by atoms with Gasteiger partial charge in [-0.2, -0.15) is 8.42 Å². The number of hydrogen-bond donors (Lipinski definition) is 3. The topological polar surface area (TPSA) is 94.8 Å². The fraction of sp³-hybridized carbons (Fsp3) is 0.143. The molecule has 1 rings (SSSR count). The Bertz CT molecular complexity index is 333. The summed E-state index contributed by atoms with van der Waals surface area (Å²) < 4.78 is 31.6. The minimum absolute atomic E-state index is 0. The second-order valence-corrected chi connectivity index (χ2v) is 3.13. The van der Waals surface area contributed by atoms with Crippen LogP contribution in [0.5, 0.6) is 5.75 Å². The van der Waals surface area contributed by atoms with Crippen LogP contribution in [0.2, 0.25) is 0 Å². The van der Waals surface area contributed by atoms with Crippen LogP contribution in [0.3, 0.4) is 0 Å². The molecule has 0 aliphatic rings. The number of aryl methyl sites for hydroxylation is 1. The van der Waals surface area contributed by atoms with Crippen LogP contribution < -0.4 is 0 Å². The fourth-order valence-electron chi connectivity index (χ4n) is 0.563. The Kier molecular flexibility index (Phi) is 9.40. The summed E-state index contributed by atoms with van der Waals surface area (Å²) in [6.45, 7) is 1.87. The Morgan fingerprint density at radius 2 is 1.50 bits per heavy atom. The van der Waals surface area contributed by atoms with Gasteiger partial charge in [0.15, 0.2) is 0 Å². The molecule has 0 amide bonds. The number of rotatable bonds is 0. The zero-order valence-corrected chi connectivity index (χ0v) is 7.69. The number of para-hydroxylation sites is 1. The van der Waals surface area contributed by atoms with Crippen molar-refractivity contribution in [2.75, 3.05) is 0 Å². The molecule has 3 N–H and O–H groups in total. The first-order valence-corrected chi connectivity index (χ1v) is 4.65. The normalized spacial score (nSPS) is 9.36. The van der Waals surface area contributed by atoms with Crippen LogP contribution in [0.15, 0.2) is 24.3 Å². The summed E-state index contributed by atoms with van der Waals surface area (Å²) in [6.07, 6.45) is 0. The predicted molar refractivity (Wildman–Crippen MR) is 54.2 cm³/mol. The summed E-state index contributed by atoms with van der Waals surface area (Å²) in [4.78, 5) is 0. The molecule has 0 aromatic heterocycles. The zero-order valence-electron chi connectivity index (χ0n) is 6.88. The molecule has 14 heavy (non-hydrogen) atoms. The molecule has 5 nitrogen and oxygen atoms in total. The van der Waals surface area contributed by atoms with Gasteiger partial charge >= 0.3 is 61.8 Å². The van der Waals surface area contributed by atoms with Crippen LogP contribution in [0.1, 0.15) is 5.56 Å². The van der Waals surface area contributed by atoms with Gasteiger partial charge in [-0.15, -0.1) is 0 Å². The average Bonchev–Trinajstić information content (AvgIpc) is 1.92. The van der Waals surface area contributed by atoms with Gasteiger partial charge in [0.1, 0.15) is 5.75 Å². The van der Waals surface area contributed by atoms with E-state index >= 15 is 0 Å². The van der Waals surface area contributed by atoms with Gasteiger partial charge in [0.25, 0.3) is 0 Å². The molecule has 0 bridgehead atoms. The van der Waals surface area contributed by atoms with Crippen LogP contribution in [-0.4, -0.2) is 74.0 Å². The molecule has 0 unspecified atom stereocenters. The molecule has 0 radical (unpaired) electrons. The first-order chi connectivity index (χ1) is 5.80. The van der Waals surface area contributed by atoms with E-state index < -0.39 is 10.4 Å². The van der Waals surface area contributed by atoms with Crippen molar-refractivity contribution in [1.29, 1.82) is 0 Å². The van der Waals surface area contributed by atoms with Crippen molar-refractivity contribution in [1.82, 2.24) is 0 Å². The van der Waals surface area contributed by atoms with Gasteiger partial charge in [-0.25, -0.2) is 0 Å². The van der Waals surface area contributed by atoms with Gasteiger partial charge < -0.3 is 5.11 Å². The van der Waals surface area contributed by atoms with Crippen molar-refractivity contribution >= 4 is 61.8 Å². The second kappa shape index (κ2) is 7.77. The number of phenolic OH excluding ortho intramolecular Hbond substituents is 1. The van der Waals surface area contributed by atoms with Gasteiger partial charge in [-0.3, -0.25) is 9.11 Å². The van der Waals surface area contributed by atoms with E-state index in [0.717, 1.165) is 5.56 Å². The fourth-order valence-corrected chi connectivity index (χ4v) is 0.563. The number of benzene rings is 1. The zero-order chi connectivity index (χ0) is 10.5. The van der Waals surface area contributed by atoms with Crippen molar-refractivity contribution in [3.05, 3.63) is 29.8 Å². The molecule has 0 atom stereocenters. The molecule has 1 aromatic carbocycles. The third-order valence-electron chi connectivity index (χ3n) is 1.12.